The van der Waals surface area contributed by atoms with Gasteiger partial charge in [0.1, 0.15) is 11.6 Å². The average Bonchev–Trinajstić information content (AvgIpc) is 2.67. The maximum absolute atomic E-state index is 12.1. The molecular weight excluding hydrogens is 370 g/mol. The Morgan fingerprint density at radius 2 is 1.34 bits per heavy atom. The van der Waals surface area contributed by atoms with Crippen molar-refractivity contribution in [1.29, 1.82) is 5.26 Å². The first-order chi connectivity index (χ1) is 13.9. The summed E-state index contributed by atoms with van der Waals surface area (Å²) in [5, 5.41) is 18.3. The summed E-state index contributed by atoms with van der Waals surface area (Å²) in [7, 11) is 0. The highest BCUT2D eigenvalue weighted by Crippen LogP contribution is 2.13. The van der Waals surface area contributed by atoms with E-state index in [1.54, 1.807) is 48.5 Å². The average molecular weight is 389 g/mol. The van der Waals surface area contributed by atoms with Crippen molar-refractivity contribution in [2.75, 3.05) is 10.6 Å². The van der Waals surface area contributed by atoms with E-state index in [1.807, 2.05) is 6.07 Å². The van der Waals surface area contributed by atoms with Gasteiger partial charge in [0.25, 0.3) is 5.91 Å². The summed E-state index contributed by atoms with van der Waals surface area (Å²) in [6, 6.07) is 15.4. The van der Waals surface area contributed by atoms with Crippen LogP contribution in [0.15, 0.2) is 59.2 Å². The summed E-state index contributed by atoms with van der Waals surface area (Å²) in [5.74, 6) is -1.00. The molecule has 2 rings (SSSR count). The molecule has 0 heterocycles. The number of anilines is 2. The Morgan fingerprint density at radius 1 is 0.862 bits per heavy atom. The van der Waals surface area contributed by atoms with Crippen molar-refractivity contribution in [3.8, 4) is 6.07 Å². The highest BCUT2D eigenvalue weighted by atomic mass is 16.2. The van der Waals surface area contributed by atoms with E-state index in [4.69, 9.17) is 0 Å². The van der Waals surface area contributed by atoms with Crippen LogP contribution in [0.5, 0.6) is 0 Å². The predicted octanol–water partition coefficient (Wildman–Crippen LogP) is 2.66. The van der Waals surface area contributed by atoms with Gasteiger partial charge in [-0.25, -0.2) is 5.43 Å². The Bertz CT molecular complexity index is 1000. The SMILES string of the molecule is CC(=O)Nc1ccc(C=NNC(=O)C(C#N)=Cc2ccc(NC(C)=O)cc2)cc1. The zero-order valence-corrected chi connectivity index (χ0v) is 15.9. The van der Waals surface area contributed by atoms with Crippen LogP contribution in [0.25, 0.3) is 6.08 Å². The van der Waals surface area contributed by atoms with Crippen molar-refractivity contribution in [1.82, 2.24) is 5.43 Å². The molecule has 8 nitrogen and oxygen atoms in total. The maximum Gasteiger partial charge on any atom is 0.282 e. The standard InChI is InChI=1S/C21H19N5O3/c1-14(27)24-19-7-3-16(4-8-19)11-18(12-22)21(29)26-23-13-17-5-9-20(10-6-17)25-15(2)28/h3-11,13H,1-2H3,(H,24,27)(H,25,28)(H,26,29). The van der Waals surface area contributed by atoms with Gasteiger partial charge >= 0.3 is 0 Å². The first-order valence-electron chi connectivity index (χ1n) is 8.58. The molecule has 0 spiro atoms. The first-order valence-corrected chi connectivity index (χ1v) is 8.58. The van der Waals surface area contributed by atoms with Crippen molar-refractivity contribution in [3.63, 3.8) is 0 Å². The largest absolute Gasteiger partial charge is 0.326 e. The van der Waals surface area contributed by atoms with E-state index < -0.39 is 5.91 Å². The third kappa shape index (κ3) is 7.11. The highest BCUT2D eigenvalue weighted by molar-refractivity contribution is 6.02. The maximum atomic E-state index is 12.1. The summed E-state index contributed by atoms with van der Waals surface area (Å²) >= 11 is 0. The lowest BCUT2D eigenvalue weighted by molar-refractivity contribution is -0.117. The molecule has 29 heavy (non-hydrogen) atoms. The summed E-state index contributed by atoms with van der Waals surface area (Å²) in [4.78, 5) is 34.2. The number of hydrazone groups is 1. The van der Waals surface area contributed by atoms with Gasteiger partial charge in [-0.15, -0.1) is 0 Å². The Kier molecular flexibility index (Phi) is 7.39. The highest BCUT2D eigenvalue weighted by Gasteiger charge is 2.08. The molecule has 0 unspecified atom stereocenters. The summed E-state index contributed by atoms with van der Waals surface area (Å²) in [5.41, 5.74) is 4.78. The van der Waals surface area contributed by atoms with E-state index in [0.29, 0.717) is 22.5 Å². The van der Waals surface area contributed by atoms with Crippen molar-refractivity contribution < 1.29 is 14.4 Å². The number of hydrogen-bond acceptors (Lipinski definition) is 5. The second kappa shape index (κ2) is 10.2. The summed E-state index contributed by atoms with van der Waals surface area (Å²) < 4.78 is 0. The Hall–Kier alpha value is -4.25. The van der Waals surface area contributed by atoms with E-state index in [9.17, 15) is 19.6 Å². The first kappa shape index (κ1) is 21.1. The molecule has 0 aliphatic heterocycles. The van der Waals surface area contributed by atoms with Gasteiger partial charge in [-0.05, 0) is 41.5 Å². The normalized spacial score (nSPS) is 10.9. The van der Waals surface area contributed by atoms with Crippen molar-refractivity contribution in [2.24, 2.45) is 5.10 Å². The molecule has 0 saturated heterocycles. The van der Waals surface area contributed by atoms with E-state index in [0.717, 1.165) is 0 Å². The van der Waals surface area contributed by atoms with Gasteiger partial charge in [-0.2, -0.15) is 10.4 Å². The number of hydrogen-bond donors (Lipinski definition) is 3. The van der Waals surface area contributed by atoms with Crippen LogP contribution < -0.4 is 16.1 Å². The van der Waals surface area contributed by atoms with Gasteiger partial charge in [0.2, 0.25) is 11.8 Å². The van der Waals surface area contributed by atoms with Gasteiger partial charge in [0.05, 0.1) is 6.21 Å². The number of carbonyl (C=O) groups is 3. The lowest BCUT2D eigenvalue weighted by Gasteiger charge is -2.03. The lowest BCUT2D eigenvalue weighted by atomic mass is 10.1. The molecule has 0 saturated carbocycles. The molecule has 0 aliphatic carbocycles. The molecule has 0 fully saturated rings. The molecule has 3 amide bonds. The monoisotopic (exact) mass is 389 g/mol. The molecule has 0 atom stereocenters. The molecule has 0 aromatic heterocycles. The van der Waals surface area contributed by atoms with E-state index >= 15 is 0 Å². The van der Waals surface area contributed by atoms with Crippen LogP contribution in [0.4, 0.5) is 11.4 Å². The Morgan fingerprint density at radius 3 is 1.79 bits per heavy atom. The number of carbonyl (C=O) groups excluding carboxylic acids is 3. The van der Waals surface area contributed by atoms with Gasteiger partial charge in [-0.1, -0.05) is 24.3 Å². The molecule has 0 radical (unpaired) electrons. The fourth-order valence-corrected chi connectivity index (χ4v) is 2.26. The lowest BCUT2D eigenvalue weighted by Crippen LogP contribution is -2.19. The van der Waals surface area contributed by atoms with Crippen LogP contribution in [0.1, 0.15) is 25.0 Å². The minimum atomic E-state index is -0.649. The fraction of sp³-hybridized carbons (Fsp3) is 0.0952. The molecule has 2 aromatic rings. The number of rotatable bonds is 6. The Balaban J connectivity index is 1.99. The van der Waals surface area contributed by atoms with Gasteiger partial charge in [-0.3, -0.25) is 14.4 Å². The van der Waals surface area contributed by atoms with Crippen LogP contribution >= 0.6 is 0 Å². The molecule has 2 aromatic carbocycles. The van der Waals surface area contributed by atoms with E-state index in [-0.39, 0.29) is 17.4 Å². The molecular formula is C21H19N5O3. The Labute approximate surface area is 167 Å². The van der Waals surface area contributed by atoms with Crippen molar-refractivity contribution >= 4 is 41.4 Å². The third-order valence-corrected chi connectivity index (χ3v) is 3.52. The van der Waals surface area contributed by atoms with Gasteiger partial charge < -0.3 is 10.6 Å². The summed E-state index contributed by atoms with van der Waals surface area (Å²) in [6.45, 7) is 2.83. The van der Waals surface area contributed by atoms with E-state index in [2.05, 4.69) is 21.2 Å². The quantitative estimate of drug-likeness (QED) is 0.304. The second-order valence-corrected chi connectivity index (χ2v) is 5.98. The van der Waals surface area contributed by atoms with Gasteiger partial charge in [0, 0.05) is 25.2 Å². The number of benzene rings is 2. The molecule has 3 N–H and O–H groups in total. The van der Waals surface area contributed by atoms with Crippen LogP contribution in [-0.2, 0) is 14.4 Å². The number of nitrogens with zero attached hydrogens (tertiary/aromatic N) is 2. The topological polar surface area (TPSA) is 123 Å². The molecule has 0 bridgehead atoms. The van der Waals surface area contributed by atoms with Crippen molar-refractivity contribution in [2.45, 2.75) is 13.8 Å². The minimum absolute atomic E-state index is 0.115. The van der Waals surface area contributed by atoms with Crippen LogP contribution in [0.3, 0.4) is 0 Å². The van der Waals surface area contributed by atoms with Crippen LogP contribution in [0, 0.1) is 11.3 Å². The number of nitriles is 1. The van der Waals surface area contributed by atoms with Crippen molar-refractivity contribution in [3.05, 3.63) is 65.2 Å². The smallest absolute Gasteiger partial charge is 0.282 e. The third-order valence-electron chi connectivity index (χ3n) is 3.52. The molecule has 146 valence electrons. The molecule has 8 heteroatoms. The van der Waals surface area contributed by atoms with Crippen LogP contribution in [-0.4, -0.2) is 23.9 Å². The minimum Gasteiger partial charge on any atom is -0.326 e. The number of nitrogens with one attached hydrogen (secondary N) is 3. The zero-order valence-electron chi connectivity index (χ0n) is 15.9. The van der Waals surface area contributed by atoms with E-state index in [1.165, 1.54) is 26.1 Å². The second-order valence-electron chi connectivity index (χ2n) is 5.98. The summed E-state index contributed by atoms with van der Waals surface area (Å²) in [6.07, 6.45) is 2.84. The number of amides is 3. The molecule has 0 aliphatic rings. The predicted molar refractivity (Wildman–Crippen MR) is 111 cm³/mol. The zero-order chi connectivity index (χ0) is 21.2. The van der Waals surface area contributed by atoms with Gasteiger partial charge in [0.15, 0.2) is 0 Å². The fourth-order valence-electron chi connectivity index (χ4n) is 2.26. The van der Waals surface area contributed by atoms with Crippen LogP contribution in [0.2, 0.25) is 0 Å².